The molecule has 3 N–H and O–H groups in total. The second-order valence-electron chi connectivity index (χ2n) is 18.1. The smallest absolute Gasteiger partial charge is 0.410 e. The minimum atomic E-state index is -1.19. The summed E-state index contributed by atoms with van der Waals surface area (Å²) in [6.07, 6.45) is -2.80. The zero-order valence-corrected chi connectivity index (χ0v) is 36.0. The fourth-order valence-electron chi connectivity index (χ4n) is 6.63. The topological polar surface area (TPSA) is 235 Å². The Kier molecular flexibility index (Phi) is 13.2. The largest absolute Gasteiger partial charge is 0.444 e. The highest BCUT2D eigenvalue weighted by Gasteiger charge is 2.58. The first-order valence-corrected chi connectivity index (χ1v) is 19.7. The van der Waals surface area contributed by atoms with Crippen LogP contribution in [0, 0.1) is 0 Å². The lowest BCUT2D eigenvalue weighted by Crippen LogP contribution is -2.53. The highest BCUT2D eigenvalue weighted by molar-refractivity contribution is 5.88. The molecule has 5 rings (SSSR count). The molecule has 0 aromatic carbocycles. The number of hydrogen-bond donors (Lipinski definition) is 2. The van der Waals surface area contributed by atoms with Crippen LogP contribution in [-0.2, 0) is 38.0 Å². The van der Waals surface area contributed by atoms with Crippen molar-refractivity contribution in [1.82, 2.24) is 44.4 Å². The second-order valence-corrected chi connectivity index (χ2v) is 18.1. The Balaban J connectivity index is 1.35. The molecule has 0 saturated carbocycles. The quantitative estimate of drug-likeness (QED) is 0.421. The number of nitrogens with two attached hydrogens (primary N) is 1. The van der Waals surface area contributed by atoms with Gasteiger partial charge in [0.25, 0.3) is 5.91 Å². The van der Waals surface area contributed by atoms with Crippen LogP contribution in [0.2, 0.25) is 0 Å². The van der Waals surface area contributed by atoms with Crippen LogP contribution >= 0.6 is 0 Å². The summed E-state index contributed by atoms with van der Waals surface area (Å²) in [7, 11) is 0. The molecular formula is C38H60N10O11. The van der Waals surface area contributed by atoms with Crippen LogP contribution in [0.4, 0.5) is 20.2 Å². The first kappa shape index (κ1) is 45.1. The van der Waals surface area contributed by atoms with E-state index in [1.807, 2.05) is 0 Å². The molecule has 5 amide bonds. The Morgan fingerprint density at radius 1 is 0.712 bits per heavy atom. The van der Waals surface area contributed by atoms with Gasteiger partial charge in [-0.2, -0.15) is 0 Å². The summed E-state index contributed by atoms with van der Waals surface area (Å²) in [5.41, 5.74) is 4.29. The Morgan fingerprint density at radius 2 is 1.15 bits per heavy atom. The van der Waals surface area contributed by atoms with E-state index in [9.17, 15) is 24.0 Å². The molecule has 21 nitrogen and oxygen atoms in total. The number of rotatable bonds is 4. The molecule has 0 radical (unpaired) electrons. The van der Waals surface area contributed by atoms with Crippen molar-refractivity contribution in [1.29, 1.82) is 0 Å². The fraction of sp³-hybridized carbons (Fsp3) is 0.737. The van der Waals surface area contributed by atoms with Crippen molar-refractivity contribution < 1.29 is 52.4 Å². The zero-order chi connectivity index (χ0) is 43.7. The summed E-state index contributed by atoms with van der Waals surface area (Å²) in [6, 6.07) is 0. The third kappa shape index (κ3) is 11.8. The normalized spacial score (nSPS) is 23.2. The molecule has 4 atom stereocenters. The first-order valence-electron chi connectivity index (χ1n) is 19.7. The number of ether oxygens (including phenoxy) is 6. The second kappa shape index (κ2) is 17.3. The molecule has 59 heavy (non-hydrogen) atoms. The van der Waals surface area contributed by atoms with Gasteiger partial charge in [-0.15, -0.1) is 0 Å². The number of anilines is 1. The minimum Gasteiger partial charge on any atom is -0.444 e. The van der Waals surface area contributed by atoms with Gasteiger partial charge >= 0.3 is 18.3 Å². The molecule has 0 bridgehead atoms. The maximum absolute atomic E-state index is 14.0. The molecule has 3 fully saturated rings. The standard InChI is InChI=1S/C38H60N10O11/c1-35(2,3)57-32(51)45-14-12-44(13-15-46(33(52)58-36(4,5)6)17-19-47(18-16-45)34(53)59-37(7,8)9)23(49)20-40-30(50)26-25-27(56-38(10,11)55-25)31(54-26)48-22-43-24-28(39)41-21-42-29(24)48/h21-22,25-27,31H,12-20H2,1-11H3,(H,40,50)(H2,39,41,42)/t25-,26-,27+,31+/m0/s1. The number of nitrogens with one attached hydrogen (secondary N) is 1. The molecule has 5 heterocycles. The Hall–Kier alpha value is -5.02. The molecule has 21 heteroatoms. The van der Waals surface area contributed by atoms with E-state index in [4.69, 9.17) is 34.2 Å². The van der Waals surface area contributed by atoms with Gasteiger partial charge in [-0.3, -0.25) is 14.2 Å². The van der Waals surface area contributed by atoms with Crippen LogP contribution < -0.4 is 11.1 Å². The molecule has 3 aliphatic heterocycles. The number of carbonyl (C=O) groups excluding carboxylic acids is 5. The number of aromatic nitrogens is 4. The maximum Gasteiger partial charge on any atom is 0.410 e. The summed E-state index contributed by atoms with van der Waals surface area (Å²) in [4.78, 5) is 86.5. The van der Waals surface area contributed by atoms with Crippen LogP contribution in [0.25, 0.3) is 11.2 Å². The van der Waals surface area contributed by atoms with Crippen LogP contribution in [0.5, 0.6) is 0 Å². The molecule has 0 aliphatic carbocycles. The number of imidazole rings is 1. The molecule has 0 unspecified atom stereocenters. The number of nitrogen functional groups attached to an aromatic ring is 1. The molecule has 3 aliphatic rings. The average Bonchev–Trinajstić information content (AvgIpc) is 3.76. The monoisotopic (exact) mass is 832 g/mol. The van der Waals surface area contributed by atoms with E-state index in [2.05, 4.69) is 20.3 Å². The number of nitrogens with zero attached hydrogens (tertiary/aromatic N) is 8. The molecule has 328 valence electrons. The van der Waals surface area contributed by atoms with Crippen molar-refractivity contribution in [3.8, 4) is 0 Å². The van der Waals surface area contributed by atoms with E-state index >= 15 is 0 Å². The molecular weight excluding hydrogens is 772 g/mol. The van der Waals surface area contributed by atoms with Gasteiger partial charge in [-0.05, 0) is 76.2 Å². The lowest BCUT2D eigenvalue weighted by atomic mass is 10.1. The van der Waals surface area contributed by atoms with Gasteiger partial charge in [0.1, 0.15) is 40.9 Å². The van der Waals surface area contributed by atoms with Gasteiger partial charge in [0, 0.05) is 52.4 Å². The lowest BCUT2D eigenvalue weighted by Gasteiger charge is -2.36. The van der Waals surface area contributed by atoms with E-state index in [0.717, 1.165) is 0 Å². The molecule has 0 spiro atoms. The highest BCUT2D eigenvalue weighted by atomic mass is 16.8. The molecule has 2 aromatic heterocycles. The Morgan fingerprint density at radius 3 is 1.61 bits per heavy atom. The van der Waals surface area contributed by atoms with Crippen LogP contribution in [-0.4, -0.2) is 169 Å². The SMILES string of the molecule is CC(C)(C)OC(=O)N1CCN(C(=O)CNC(=O)[C@H]2O[C@@H](n3cnc4c(N)ncnc43)[C@@H]3OC(C)(C)O[C@H]32)CCN(C(=O)OC(C)(C)C)CCN(C(=O)OC(C)(C)C)CC1. The van der Waals surface area contributed by atoms with E-state index < -0.39 is 83.8 Å². The van der Waals surface area contributed by atoms with Crippen LogP contribution in [0.1, 0.15) is 82.4 Å². The summed E-state index contributed by atoms with van der Waals surface area (Å²) in [6.45, 7) is 18.8. The van der Waals surface area contributed by atoms with Crippen molar-refractivity contribution in [3.63, 3.8) is 0 Å². The van der Waals surface area contributed by atoms with E-state index in [1.54, 1.807) is 80.7 Å². The third-order valence-corrected chi connectivity index (χ3v) is 9.23. The highest BCUT2D eigenvalue weighted by Crippen LogP contribution is 2.44. The minimum absolute atomic E-state index is 0.000916. The van der Waals surface area contributed by atoms with Gasteiger partial charge in [0.15, 0.2) is 29.6 Å². The lowest BCUT2D eigenvalue weighted by molar-refractivity contribution is -0.197. The van der Waals surface area contributed by atoms with E-state index in [-0.39, 0.29) is 58.2 Å². The number of fused-ring (bicyclic) bond motifs is 2. The summed E-state index contributed by atoms with van der Waals surface area (Å²) >= 11 is 0. The zero-order valence-electron chi connectivity index (χ0n) is 36.0. The summed E-state index contributed by atoms with van der Waals surface area (Å²) < 4.78 is 37.2. The predicted molar refractivity (Wildman–Crippen MR) is 210 cm³/mol. The summed E-state index contributed by atoms with van der Waals surface area (Å²) in [5.74, 6) is -2.01. The number of hydrogen-bond acceptors (Lipinski definition) is 15. The van der Waals surface area contributed by atoms with Crippen molar-refractivity contribution in [2.24, 2.45) is 0 Å². The van der Waals surface area contributed by atoms with Gasteiger partial charge in [-0.25, -0.2) is 29.3 Å². The third-order valence-electron chi connectivity index (χ3n) is 9.23. The van der Waals surface area contributed by atoms with E-state index in [1.165, 1.54) is 32.3 Å². The van der Waals surface area contributed by atoms with Crippen LogP contribution in [0.3, 0.4) is 0 Å². The van der Waals surface area contributed by atoms with Crippen molar-refractivity contribution >= 4 is 47.1 Å². The predicted octanol–water partition coefficient (Wildman–Crippen LogP) is 2.50. The van der Waals surface area contributed by atoms with Gasteiger partial charge < -0.3 is 59.1 Å². The average molecular weight is 833 g/mol. The molecule has 2 aromatic rings. The van der Waals surface area contributed by atoms with Crippen molar-refractivity contribution in [3.05, 3.63) is 12.7 Å². The Bertz CT molecular complexity index is 1820. The van der Waals surface area contributed by atoms with Crippen LogP contribution in [0.15, 0.2) is 12.7 Å². The molecule has 3 saturated heterocycles. The Labute approximate surface area is 344 Å². The summed E-state index contributed by atoms with van der Waals surface area (Å²) in [5, 5.41) is 2.70. The number of carbonyl (C=O) groups is 5. The van der Waals surface area contributed by atoms with Gasteiger partial charge in [0.2, 0.25) is 5.91 Å². The van der Waals surface area contributed by atoms with E-state index in [0.29, 0.717) is 11.2 Å². The number of amides is 5. The first-order chi connectivity index (χ1) is 27.3. The van der Waals surface area contributed by atoms with Crippen molar-refractivity contribution in [2.45, 2.75) is 123 Å². The maximum atomic E-state index is 14.0. The van der Waals surface area contributed by atoms with Gasteiger partial charge in [0.05, 0.1) is 12.9 Å². The van der Waals surface area contributed by atoms with Gasteiger partial charge in [-0.1, -0.05) is 0 Å². The van der Waals surface area contributed by atoms with Crippen molar-refractivity contribution in [2.75, 3.05) is 64.6 Å². The fourth-order valence-corrected chi connectivity index (χ4v) is 6.63.